The summed E-state index contributed by atoms with van der Waals surface area (Å²) < 4.78 is 0. The third-order valence-electron chi connectivity index (χ3n) is 3.27. The fraction of sp³-hybridized carbons (Fsp3) is 0.333. The van der Waals surface area contributed by atoms with Gasteiger partial charge >= 0.3 is 0 Å². The number of imide groups is 1. The molecule has 1 aromatic carbocycles. The van der Waals surface area contributed by atoms with E-state index in [1.807, 2.05) is 44.4 Å². The first-order valence-corrected chi connectivity index (χ1v) is 8.52. The zero-order chi connectivity index (χ0) is 14.7. The van der Waals surface area contributed by atoms with Crippen LogP contribution in [0.1, 0.15) is 25.8 Å². The molecule has 1 heterocycles. The monoisotopic (exact) mass is 307 g/mol. The minimum Gasteiger partial charge on any atom is -0.268 e. The van der Waals surface area contributed by atoms with Crippen molar-refractivity contribution in [2.75, 3.05) is 6.26 Å². The van der Waals surface area contributed by atoms with Crippen molar-refractivity contribution in [2.24, 2.45) is 0 Å². The summed E-state index contributed by atoms with van der Waals surface area (Å²) in [5.74, 6) is -0.178. The van der Waals surface area contributed by atoms with Gasteiger partial charge in [-0.3, -0.25) is 14.5 Å². The Bertz CT molecular complexity index is 551. The van der Waals surface area contributed by atoms with Crippen molar-refractivity contribution in [2.45, 2.75) is 31.2 Å². The van der Waals surface area contributed by atoms with Gasteiger partial charge in [0.05, 0.1) is 4.91 Å². The average molecular weight is 307 g/mol. The molecule has 0 bridgehead atoms. The first kappa shape index (κ1) is 15.2. The van der Waals surface area contributed by atoms with E-state index in [-0.39, 0.29) is 17.2 Å². The van der Waals surface area contributed by atoms with Gasteiger partial charge in [0, 0.05) is 10.9 Å². The molecule has 0 aliphatic carbocycles. The molecule has 1 atom stereocenters. The molecule has 1 aliphatic rings. The molecule has 3 nitrogen and oxygen atoms in total. The number of hydrogen-bond donors (Lipinski definition) is 0. The van der Waals surface area contributed by atoms with Crippen LogP contribution in [-0.4, -0.2) is 28.3 Å². The second kappa shape index (κ2) is 6.50. The Morgan fingerprint density at radius 3 is 2.50 bits per heavy atom. The Kier molecular flexibility index (Phi) is 4.94. The van der Waals surface area contributed by atoms with Crippen LogP contribution in [0.15, 0.2) is 34.1 Å². The standard InChI is InChI=1S/C15H17NO2S2/c1-4-10(2)16-14(17)13(20-15(16)18)9-11-5-7-12(19-3)8-6-11/h5-10H,4H2,1-3H3/b13-9+/t10-/m1/s1. The van der Waals surface area contributed by atoms with Crippen LogP contribution in [0.5, 0.6) is 0 Å². The maximum absolute atomic E-state index is 12.3. The molecule has 20 heavy (non-hydrogen) atoms. The highest BCUT2D eigenvalue weighted by molar-refractivity contribution is 8.18. The minimum absolute atomic E-state index is 0.0488. The van der Waals surface area contributed by atoms with Crippen molar-refractivity contribution < 1.29 is 9.59 Å². The topological polar surface area (TPSA) is 37.4 Å². The summed E-state index contributed by atoms with van der Waals surface area (Å²) in [4.78, 5) is 27.2. The van der Waals surface area contributed by atoms with Gasteiger partial charge in [0.2, 0.25) is 0 Å². The zero-order valence-electron chi connectivity index (χ0n) is 11.8. The van der Waals surface area contributed by atoms with E-state index in [1.54, 1.807) is 17.8 Å². The van der Waals surface area contributed by atoms with E-state index in [2.05, 4.69) is 0 Å². The summed E-state index contributed by atoms with van der Waals surface area (Å²) in [6, 6.07) is 7.89. The molecule has 5 heteroatoms. The average Bonchev–Trinajstić information content (AvgIpc) is 2.73. The maximum Gasteiger partial charge on any atom is 0.293 e. The van der Waals surface area contributed by atoms with Crippen LogP contribution in [0.4, 0.5) is 4.79 Å². The summed E-state index contributed by atoms with van der Waals surface area (Å²) in [7, 11) is 0. The van der Waals surface area contributed by atoms with E-state index in [4.69, 9.17) is 0 Å². The molecule has 0 aromatic heterocycles. The van der Waals surface area contributed by atoms with Crippen LogP contribution < -0.4 is 0 Å². The Hall–Kier alpha value is -1.20. The number of thioether (sulfide) groups is 2. The summed E-state index contributed by atoms with van der Waals surface area (Å²) in [6.45, 7) is 3.87. The summed E-state index contributed by atoms with van der Waals surface area (Å²) in [6.07, 6.45) is 4.58. The van der Waals surface area contributed by atoms with Crippen LogP contribution in [0.25, 0.3) is 6.08 Å². The largest absolute Gasteiger partial charge is 0.293 e. The molecule has 0 unspecified atom stereocenters. The molecule has 2 rings (SSSR count). The van der Waals surface area contributed by atoms with Crippen LogP contribution in [-0.2, 0) is 4.79 Å². The molecule has 1 aliphatic heterocycles. The molecule has 0 radical (unpaired) electrons. The molecule has 0 N–H and O–H groups in total. The number of nitrogens with zero attached hydrogens (tertiary/aromatic N) is 1. The van der Waals surface area contributed by atoms with E-state index in [0.717, 1.165) is 23.7 Å². The number of hydrogen-bond acceptors (Lipinski definition) is 4. The molecular weight excluding hydrogens is 290 g/mol. The lowest BCUT2D eigenvalue weighted by Gasteiger charge is -2.19. The summed E-state index contributed by atoms with van der Waals surface area (Å²) in [5.41, 5.74) is 0.942. The van der Waals surface area contributed by atoms with Crippen molar-refractivity contribution in [3.63, 3.8) is 0 Å². The molecule has 106 valence electrons. The normalized spacial score (nSPS) is 18.9. The van der Waals surface area contributed by atoms with Gasteiger partial charge in [0.25, 0.3) is 11.1 Å². The quantitative estimate of drug-likeness (QED) is 0.616. The van der Waals surface area contributed by atoms with E-state index in [9.17, 15) is 9.59 Å². The lowest BCUT2D eigenvalue weighted by atomic mass is 10.2. The second-order valence-electron chi connectivity index (χ2n) is 4.58. The van der Waals surface area contributed by atoms with Crippen LogP contribution in [0, 0.1) is 0 Å². The Morgan fingerprint density at radius 1 is 1.30 bits per heavy atom. The van der Waals surface area contributed by atoms with E-state index in [1.165, 1.54) is 9.80 Å². The Morgan fingerprint density at radius 2 is 1.95 bits per heavy atom. The van der Waals surface area contributed by atoms with Crippen molar-refractivity contribution in [3.8, 4) is 0 Å². The fourth-order valence-electron chi connectivity index (χ4n) is 1.89. The SMILES string of the molecule is CC[C@@H](C)N1C(=O)S/C(=C/c2ccc(SC)cc2)C1=O. The van der Waals surface area contributed by atoms with Crippen molar-refractivity contribution in [3.05, 3.63) is 34.7 Å². The number of benzene rings is 1. The first-order chi connectivity index (χ1) is 9.56. The molecule has 1 saturated heterocycles. The Balaban J connectivity index is 2.22. The highest BCUT2D eigenvalue weighted by Crippen LogP contribution is 2.34. The number of rotatable bonds is 4. The lowest BCUT2D eigenvalue weighted by Crippen LogP contribution is -2.36. The van der Waals surface area contributed by atoms with Crippen LogP contribution >= 0.6 is 23.5 Å². The fourth-order valence-corrected chi connectivity index (χ4v) is 3.23. The van der Waals surface area contributed by atoms with Crippen molar-refractivity contribution in [1.29, 1.82) is 0 Å². The van der Waals surface area contributed by atoms with E-state index in [0.29, 0.717) is 4.91 Å². The van der Waals surface area contributed by atoms with Crippen LogP contribution in [0.2, 0.25) is 0 Å². The van der Waals surface area contributed by atoms with Gasteiger partial charge in [-0.15, -0.1) is 11.8 Å². The first-order valence-electron chi connectivity index (χ1n) is 6.48. The van der Waals surface area contributed by atoms with E-state index >= 15 is 0 Å². The number of carbonyl (C=O) groups excluding carboxylic acids is 2. The van der Waals surface area contributed by atoms with Crippen molar-refractivity contribution in [1.82, 2.24) is 4.90 Å². The summed E-state index contributed by atoms with van der Waals surface area (Å²) in [5, 5.41) is -0.170. The molecule has 0 spiro atoms. The van der Waals surface area contributed by atoms with Gasteiger partial charge in [-0.25, -0.2) is 0 Å². The predicted octanol–water partition coefficient (Wildman–Crippen LogP) is 4.24. The maximum atomic E-state index is 12.3. The van der Waals surface area contributed by atoms with Crippen molar-refractivity contribution >= 4 is 40.7 Å². The molecule has 1 fully saturated rings. The lowest BCUT2D eigenvalue weighted by molar-refractivity contribution is -0.124. The van der Waals surface area contributed by atoms with Gasteiger partial charge in [-0.1, -0.05) is 19.1 Å². The van der Waals surface area contributed by atoms with Gasteiger partial charge in [-0.2, -0.15) is 0 Å². The number of amides is 2. The number of carbonyl (C=O) groups is 2. The minimum atomic E-state index is -0.178. The summed E-state index contributed by atoms with van der Waals surface area (Å²) >= 11 is 2.70. The third kappa shape index (κ3) is 3.10. The third-order valence-corrected chi connectivity index (χ3v) is 4.90. The zero-order valence-corrected chi connectivity index (χ0v) is 13.4. The molecule has 0 saturated carbocycles. The molecule has 2 amide bonds. The van der Waals surface area contributed by atoms with E-state index < -0.39 is 0 Å². The highest BCUT2D eigenvalue weighted by atomic mass is 32.2. The Labute approximate surface area is 127 Å². The molecular formula is C15H17NO2S2. The van der Waals surface area contributed by atoms with Gasteiger partial charge in [0.1, 0.15) is 0 Å². The van der Waals surface area contributed by atoms with Gasteiger partial charge in [0.15, 0.2) is 0 Å². The smallest absolute Gasteiger partial charge is 0.268 e. The molecule has 1 aromatic rings. The van der Waals surface area contributed by atoms with Crippen LogP contribution in [0.3, 0.4) is 0 Å². The second-order valence-corrected chi connectivity index (χ2v) is 6.45. The predicted molar refractivity (Wildman–Crippen MR) is 85.8 cm³/mol. The highest BCUT2D eigenvalue weighted by Gasteiger charge is 2.37. The van der Waals surface area contributed by atoms with Gasteiger partial charge in [-0.05, 0) is 55.1 Å². The van der Waals surface area contributed by atoms with Gasteiger partial charge < -0.3 is 0 Å².